The highest BCUT2D eigenvalue weighted by atomic mass is 79.9. The first-order valence-electron chi connectivity index (χ1n) is 6.98. The van der Waals surface area contributed by atoms with Crippen molar-refractivity contribution >= 4 is 31.9 Å². The number of piperazine rings is 1. The van der Waals surface area contributed by atoms with E-state index >= 15 is 0 Å². The van der Waals surface area contributed by atoms with Crippen LogP contribution in [0.5, 0.6) is 0 Å². The molecule has 1 heterocycles. The van der Waals surface area contributed by atoms with Crippen molar-refractivity contribution in [1.29, 1.82) is 0 Å². The topological polar surface area (TPSA) is 57.7 Å². The first-order chi connectivity index (χ1) is 9.95. The lowest BCUT2D eigenvalue weighted by Gasteiger charge is -2.34. The van der Waals surface area contributed by atoms with E-state index in [-0.39, 0.29) is 5.91 Å². The van der Waals surface area contributed by atoms with Gasteiger partial charge in [-0.25, -0.2) is 8.42 Å². The van der Waals surface area contributed by atoms with Crippen LogP contribution in [0.3, 0.4) is 0 Å². The Morgan fingerprint density at radius 1 is 1.14 bits per heavy atom. The van der Waals surface area contributed by atoms with Crippen LogP contribution in [0.2, 0.25) is 0 Å². The van der Waals surface area contributed by atoms with Crippen LogP contribution in [0.15, 0.2) is 33.6 Å². The largest absolute Gasteiger partial charge is 0.340 e. The Bertz CT molecular complexity index is 593. The number of hydrogen-bond acceptors (Lipinski definition) is 3. The monoisotopic (exact) mass is 374 g/mol. The van der Waals surface area contributed by atoms with Crippen LogP contribution < -0.4 is 0 Å². The number of carbonyl (C=O) groups excluding carboxylic acids is 1. The summed E-state index contributed by atoms with van der Waals surface area (Å²) in [6, 6.07) is 6.61. The van der Waals surface area contributed by atoms with Crippen molar-refractivity contribution in [2.45, 2.75) is 24.7 Å². The van der Waals surface area contributed by atoms with Crippen LogP contribution in [0, 0.1) is 0 Å². The molecule has 1 fully saturated rings. The molecule has 1 amide bonds. The third kappa shape index (κ3) is 3.84. The van der Waals surface area contributed by atoms with E-state index in [4.69, 9.17) is 0 Å². The highest BCUT2D eigenvalue weighted by Gasteiger charge is 2.29. The number of halogens is 1. The maximum absolute atomic E-state index is 12.5. The Kier molecular flexibility index (Phi) is 5.40. The summed E-state index contributed by atoms with van der Waals surface area (Å²) >= 11 is 3.29. The van der Waals surface area contributed by atoms with Crippen molar-refractivity contribution in [2.24, 2.45) is 0 Å². The van der Waals surface area contributed by atoms with E-state index < -0.39 is 10.0 Å². The molecule has 2 rings (SSSR count). The molecule has 116 valence electrons. The average Bonchev–Trinajstić information content (AvgIpc) is 2.48. The summed E-state index contributed by atoms with van der Waals surface area (Å²) in [5, 5.41) is 0. The maximum Gasteiger partial charge on any atom is 0.243 e. The number of benzene rings is 1. The van der Waals surface area contributed by atoms with Crippen LogP contribution >= 0.6 is 15.9 Å². The van der Waals surface area contributed by atoms with Gasteiger partial charge in [0.05, 0.1) is 4.90 Å². The first-order valence-corrected chi connectivity index (χ1v) is 9.22. The summed E-state index contributed by atoms with van der Waals surface area (Å²) < 4.78 is 27.3. The molecule has 1 aliphatic heterocycles. The molecule has 0 saturated carbocycles. The normalized spacial score (nSPS) is 17.0. The zero-order chi connectivity index (χ0) is 15.5. The van der Waals surface area contributed by atoms with E-state index in [1.54, 1.807) is 29.2 Å². The second kappa shape index (κ2) is 6.89. The Morgan fingerprint density at radius 2 is 1.71 bits per heavy atom. The fourth-order valence-electron chi connectivity index (χ4n) is 2.31. The smallest absolute Gasteiger partial charge is 0.243 e. The molecule has 0 atom stereocenters. The molecule has 0 aromatic heterocycles. The second-order valence-corrected chi connectivity index (χ2v) is 7.84. The molecule has 1 aromatic rings. The minimum atomic E-state index is -3.47. The minimum absolute atomic E-state index is 0.109. The van der Waals surface area contributed by atoms with Gasteiger partial charge in [-0.2, -0.15) is 4.31 Å². The summed E-state index contributed by atoms with van der Waals surface area (Å²) in [6.45, 7) is 3.61. The van der Waals surface area contributed by atoms with Crippen LogP contribution in [0.25, 0.3) is 0 Å². The van der Waals surface area contributed by atoms with Gasteiger partial charge >= 0.3 is 0 Å². The molecule has 0 aliphatic carbocycles. The predicted molar refractivity (Wildman–Crippen MR) is 84.4 cm³/mol. The van der Waals surface area contributed by atoms with Crippen molar-refractivity contribution in [3.8, 4) is 0 Å². The Morgan fingerprint density at radius 3 is 2.24 bits per heavy atom. The number of hydrogen-bond donors (Lipinski definition) is 0. The second-order valence-electron chi connectivity index (χ2n) is 4.99. The zero-order valence-corrected chi connectivity index (χ0v) is 14.4. The number of nitrogens with zero attached hydrogens (tertiary/aromatic N) is 2. The molecule has 5 nitrogen and oxygen atoms in total. The third-order valence-corrected chi connectivity index (χ3v) is 5.95. The number of carbonyl (C=O) groups is 1. The van der Waals surface area contributed by atoms with Crippen molar-refractivity contribution < 1.29 is 13.2 Å². The van der Waals surface area contributed by atoms with Crippen molar-refractivity contribution in [3.63, 3.8) is 0 Å². The molecular formula is C14H19BrN2O3S. The Labute approximate surface area is 134 Å². The number of amides is 1. The standard InChI is InChI=1S/C14H19BrN2O3S/c1-2-3-14(18)16-8-10-17(11-9-16)21(19,20)13-6-4-12(15)5-7-13/h4-7H,2-3,8-11H2,1H3. The van der Waals surface area contributed by atoms with E-state index in [0.717, 1.165) is 10.9 Å². The highest BCUT2D eigenvalue weighted by Crippen LogP contribution is 2.20. The van der Waals surface area contributed by atoms with E-state index in [0.29, 0.717) is 37.5 Å². The Hall–Kier alpha value is -0.920. The van der Waals surface area contributed by atoms with Gasteiger partial charge < -0.3 is 4.90 Å². The van der Waals surface area contributed by atoms with Gasteiger partial charge in [-0.3, -0.25) is 4.79 Å². The SMILES string of the molecule is CCCC(=O)N1CCN(S(=O)(=O)c2ccc(Br)cc2)CC1. The molecule has 7 heteroatoms. The summed E-state index contributed by atoms with van der Waals surface area (Å²) in [7, 11) is -3.47. The van der Waals surface area contributed by atoms with Crippen molar-refractivity contribution in [3.05, 3.63) is 28.7 Å². The minimum Gasteiger partial charge on any atom is -0.340 e. The molecular weight excluding hydrogens is 356 g/mol. The molecule has 0 unspecified atom stereocenters. The van der Waals surface area contributed by atoms with Gasteiger partial charge in [0.25, 0.3) is 0 Å². The van der Waals surface area contributed by atoms with Gasteiger partial charge in [-0.05, 0) is 30.7 Å². The fourth-order valence-corrected chi connectivity index (χ4v) is 3.99. The van der Waals surface area contributed by atoms with Crippen LogP contribution in [-0.4, -0.2) is 49.7 Å². The molecule has 1 saturated heterocycles. The molecule has 0 N–H and O–H groups in total. The summed E-state index contributed by atoms with van der Waals surface area (Å²) in [6.07, 6.45) is 1.34. The van der Waals surface area contributed by atoms with Gasteiger partial charge in [0.2, 0.25) is 15.9 Å². The molecule has 0 spiro atoms. The lowest BCUT2D eigenvalue weighted by molar-refractivity contribution is -0.132. The molecule has 21 heavy (non-hydrogen) atoms. The summed E-state index contributed by atoms with van der Waals surface area (Å²) in [5.74, 6) is 0.109. The molecule has 0 radical (unpaired) electrons. The third-order valence-electron chi connectivity index (χ3n) is 3.51. The molecule has 0 bridgehead atoms. The molecule has 1 aromatic carbocycles. The number of rotatable bonds is 4. The van der Waals surface area contributed by atoms with Crippen molar-refractivity contribution in [2.75, 3.05) is 26.2 Å². The van der Waals surface area contributed by atoms with E-state index in [1.807, 2.05) is 6.92 Å². The quantitative estimate of drug-likeness (QED) is 0.810. The van der Waals surface area contributed by atoms with Crippen LogP contribution in [0.4, 0.5) is 0 Å². The van der Waals surface area contributed by atoms with Gasteiger partial charge in [-0.1, -0.05) is 22.9 Å². The molecule has 1 aliphatic rings. The van der Waals surface area contributed by atoms with Gasteiger partial charge in [0.15, 0.2) is 0 Å². The predicted octanol–water partition coefficient (Wildman–Crippen LogP) is 2.08. The lowest BCUT2D eigenvalue weighted by Crippen LogP contribution is -2.50. The maximum atomic E-state index is 12.5. The summed E-state index contributed by atoms with van der Waals surface area (Å²) in [4.78, 5) is 13.9. The fraction of sp³-hybridized carbons (Fsp3) is 0.500. The van der Waals surface area contributed by atoms with Crippen LogP contribution in [0.1, 0.15) is 19.8 Å². The van der Waals surface area contributed by atoms with E-state index in [2.05, 4.69) is 15.9 Å². The van der Waals surface area contributed by atoms with Gasteiger partial charge in [-0.15, -0.1) is 0 Å². The lowest BCUT2D eigenvalue weighted by atomic mass is 10.2. The van der Waals surface area contributed by atoms with E-state index in [1.165, 1.54) is 4.31 Å². The number of sulfonamides is 1. The summed E-state index contributed by atoms with van der Waals surface area (Å²) in [5.41, 5.74) is 0. The van der Waals surface area contributed by atoms with E-state index in [9.17, 15) is 13.2 Å². The van der Waals surface area contributed by atoms with Gasteiger partial charge in [0, 0.05) is 37.1 Å². The first kappa shape index (κ1) is 16.5. The Balaban J connectivity index is 2.04. The average molecular weight is 375 g/mol. The van der Waals surface area contributed by atoms with Crippen molar-refractivity contribution in [1.82, 2.24) is 9.21 Å². The van der Waals surface area contributed by atoms with Gasteiger partial charge in [0.1, 0.15) is 0 Å². The van der Waals surface area contributed by atoms with Crippen LogP contribution in [-0.2, 0) is 14.8 Å². The highest BCUT2D eigenvalue weighted by molar-refractivity contribution is 9.10. The zero-order valence-electron chi connectivity index (χ0n) is 12.0.